The van der Waals surface area contributed by atoms with E-state index in [9.17, 15) is 18.8 Å². The van der Waals surface area contributed by atoms with E-state index in [0.717, 1.165) is 11.0 Å². The highest BCUT2D eigenvalue weighted by atomic mass is 79.9. The van der Waals surface area contributed by atoms with Crippen LogP contribution in [0.1, 0.15) is 23.2 Å². The summed E-state index contributed by atoms with van der Waals surface area (Å²) in [7, 11) is 1.36. The summed E-state index contributed by atoms with van der Waals surface area (Å²) in [6, 6.07) is 3.36. The normalized spacial score (nSPS) is 19.1. The highest BCUT2D eigenvalue weighted by molar-refractivity contribution is 9.10. The van der Waals surface area contributed by atoms with Crippen molar-refractivity contribution in [1.82, 2.24) is 10.2 Å². The molecular weight excluding hydrogens is 331 g/mol. The van der Waals surface area contributed by atoms with Crippen molar-refractivity contribution in [3.63, 3.8) is 0 Å². The first kappa shape index (κ1) is 14.6. The molecule has 1 heterocycles. The van der Waals surface area contributed by atoms with Crippen molar-refractivity contribution in [1.29, 1.82) is 0 Å². The van der Waals surface area contributed by atoms with Crippen LogP contribution in [0.4, 0.5) is 4.39 Å². The lowest BCUT2D eigenvalue weighted by molar-refractivity contribution is -0.147. The predicted molar refractivity (Wildman–Crippen MR) is 72.4 cm³/mol. The minimum atomic E-state index is -0.809. The maximum absolute atomic E-state index is 13.7. The quantitative estimate of drug-likeness (QED) is 0.827. The Morgan fingerprint density at radius 2 is 2.15 bits per heavy atom. The van der Waals surface area contributed by atoms with Crippen LogP contribution in [-0.2, 0) is 9.59 Å². The molecule has 0 spiro atoms. The molecule has 1 aliphatic rings. The van der Waals surface area contributed by atoms with Gasteiger partial charge in [-0.2, -0.15) is 0 Å². The minimum absolute atomic E-state index is 0.153. The molecule has 20 heavy (non-hydrogen) atoms. The van der Waals surface area contributed by atoms with Gasteiger partial charge in [0.25, 0.3) is 11.8 Å². The van der Waals surface area contributed by atoms with Crippen LogP contribution in [0.2, 0.25) is 0 Å². The molecule has 1 N–H and O–H groups in total. The smallest absolute Gasteiger partial charge is 0.256 e. The summed E-state index contributed by atoms with van der Waals surface area (Å²) < 4.78 is 14.0. The molecule has 1 aromatic rings. The molecule has 1 saturated heterocycles. The van der Waals surface area contributed by atoms with E-state index >= 15 is 0 Å². The predicted octanol–water partition coefficient (Wildman–Crippen LogP) is 1.47. The first-order valence-corrected chi connectivity index (χ1v) is 6.76. The Labute approximate surface area is 123 Å². The highest BCUT2D eigenvalue weighted by Crippen LogP contribution is 2.20. The van der Waals surface area contributed by atoms with E-state index in [1.54, 1.807) is 0 Å². The fraction of sp³-hybridized carbons (Fsp3) is 0.308. The number of nitrogens with one attached hydrogen (secondary N) is 1. The maximum Gasteiger partial charge on any atom is 0.256 e. The molecule has 1 aromatic carbocycles. The zero-order chi connectivity index (χ0) is 14.9. The van der Waals surface area contributed by atoms with Crippen molar-refractivity contribution in [2.75, 3.05) is 7.05 Å². The van der Waals surface area contributed by atoms with E-state index in [4.69, 9.17) is 0 Å². The van der Waals surface area contributed by atoms with E-state index in [2.05, 4.69) is 21.2 Å². The summed E-state index contributed by atoms with van der Waals surface area (Å²) in [5.41, 5.74) is -0.153. The van der Waals surface area contributed by atoms with E-state index < -0.39 is 23.7 Å². The molecule has 1 aliphatic heterocycles. The fourth-order valence-electron chi connectivity index (χ4n) is 1.99. The van der Waals surface area contributed by atoms with Crippen molar-refractivity contribution in [2.45, 2.75) is 18.9 Å². The Kier molecular flexibility index (Phi) is 4.17. The third-order valence-corrected chi connectivity index (χ3v) is 3.81. The van der Waals surface area contributed by atoms with Gasteiger partial charge in [0, 0.05) is 17.9 Å². The standard InChI is InChI=1S/C13H12BrFN2O3/c1-17-10(18)6-5-9(13(17)20)16-12(19)11-7(14)3-2-4-8(11)15/h2-4,9H,5-6H2,1H3,(H,16,19). The van der Waals surface area contributed by atoms with Crippen LogP contribution in [0.5, 0.6) is 0 Å². The molecule has 1 unspecified atom stereocenters. The number of benzene rings is 1. The number of imide groups is 1. The van der Waals surface area contributed by atoms with Gasteiger partial charge in [-0.25, -0.2) is 4.39 Å². The van der Waals surface area contributed by atoms with E-state index in [1.165, 1.54) is 19.2 Å². The Bertz CT molecular complexity index is 571. The van der Waals surface area contributed by atoms with Gasteiger partial charge in [0.15, 0.2) is 0 Å². The Morgan fingerprint density at radius 1 is 1.45 bits per heavy atom. The number of amides is 3. The van der Waals surface area contributed by atoms with Gasteiger partial charge >= 0.3 is 0 Å². The van der Waals surface area contributed by atoms with Crippen molar-refractivity contribution < 1.29 is 18.8 Å². The monoisotopic (exact) mass is 342 g/mol. The number of halogens is 2. The van der Waals surface area contributed by atoms with Gasteiger partial charge in [0.1, 0.15) is 11.9 Å². The molecule has 106 valence electrons. The number of rotatable bonds is 2. The summed E-state index contributed by atoms with van der Waals surface area (Å²) in [6.07, 6.45) is 0.394. The van der Waals surface area contributed by atoms with Crippen molar-refractivity contribution >= 4 is 33.7 Å². The van der Waals surface area contributed by atoms with Gasteiger partial charge in [-0.1, -0.05) is 6.07 Å². The summed E-state index contributed by atoms with van der Waals surface area (Å²) in [5, 5.41) is 2.47. The van der Waals surface area contributed by atoms with Crippen LogP contribution in [0.25, 0.3) is 0 Å². The molecule has 7 heteroatoms. The first-order valence-electron chi connectivity index (χ1n) is 5.97. The van der Waals surface area contributed by atoms with Gasteiger partial charge in [0.2, 0.25) is 5.91 Å². The number of hydrogen-bond acceptors (Lipinski definition) is 3. The van der Waals surface area contributed by atoms with Gasteiger partial charge in [-0.3, -0.25) is 19.3 Å². The lowest BCUT2D eigenvalue weighted by atomic mass is 10.0. The molecule has 1 atom stereocenters. The van der Waals surface area contributed by atoms with Crippen LogP contribution in [-0.4, -0.2) is 35.7 Å². The van der Waals surface area contributed by atoms with Crippen molar-refractivity contribution in [2.24, 2.45) is 0 Å². The largest absolute Gasteiger partial charge is 0.340 e. The molecule has 0 aliphatic carbocycles. The zero-order valence-corrected chi connectivity index (χ0v) is 12.2. The number of piperidine rings is 1. The van der Waals surface area contributed by atoms with Crippen molar-refractivity contribution in [3.8, 4) is 0 Å². The molecule has 0 bridgehead atoms. The van der Waals surface area contributed by atoms with E-state index in [0.29, 0.717) is 4.47 Å². The summed E-state index contributed by atoms with van der Waals surface area (Å²) in [4.78, 5) is 36.2. The van der Waals surface area contributed by atoms with E-state index in [1.807, 2.05) is 0 Å². The molecule has 0 radical (unpaired) electrons. The van der Waals surface area contributed by atoms with E-state index in [-0.39, 0.29) is 24.3 Å². The second-order valence-corrected chi connectivity index (χ2v) is 5.31. The van der Waals surface area contributed by atoms with Crippen molar-refractivity contribution in [3.05, 3.63) is 34.1 Å². The molecular formula is C13H12BrFN2O3. The van der Waals surface area contributed by atoms with Crippen LogP contribution in [0.3, 0.4) is 0 Å². The Hall–Kier alpha value is -1.76. The molecule has 2 rings (SSSR count). The topological polar surface area (TPSA) is 66.5 Å². The molecule has 5 nitrogen and oxygen atoms in total. The molecule has 3 amide bonds. The lowest BCUT2D eigenvalue weighted by Gasteiger charge is -2.28. The molecule has 0 saturated carbocycles. The third-order valence-electron chi connectivity index (χ3n) is 3.14. The van der Waals surface area contributed by atoms with Crippen LogP contribution in [0.15, 0.2) is 22.7 Å². The summed E-state index contributed by atoms with van der Waals surface area (Å²) in [5.74, 6) is -2.13. The molecule has 1 fully saturated rings. The summed E-state index contributed by atoms with van der Waals surface area (Å²) in [6.45, 7) is 0. The Balaban J connectivity index is 2.16. The lowest BCUT2D eigenvalue weighted by Crippen LogP contribution is -2.53. The third kappa shape index (κ3) is 2.72. The second kappa shape index (κ2) is 5.70. The number of hydrogen-bond donors (Lipinski definition) is 1. The SMILES string of the molecule is CN1C(=O)CCC(NC(=O)c2c(F)cccc2Br)C1=O. The van der Waals surface area contributed by atoms with Gasteiger partial charge in [0.05, 0.1) is 5.56 Å². The van der Waals surface area contributed by atoms with Crippen LogP contribution in [0, 0.1) is 5.82 Å². The van der Waals surface area contributed by atoms with Crippen LogP contribution >= 0.6 is 15.9 Å². The number of likely N-dealkylation sites (tertiary alicyclic amines) is 1. The molecule has 0 aromatic heterocycles. The zero-order valence-electron chi connectivity index (χ0n) is 10.7. The van der Waals surface area contributed by atoms with Gasteiger partial charge in [-0.05, 0) is 34.5 Å². The second-order valence-electron chi connectivity index (χ2n) is 4.45. The Morgan fingerprint density at radius 3 is 2.80 bits per heavy atom. The number of likely N-dealkylation sites (N-methyl/N-ethyl adjacent to an activating group) is 1. The average Bonchev–Trinajstić information content (AvgIpc) is 2.39. The first-order chi connectivity index (χ1) is 9.41. The average molecular weight is 343 g/mol. The van der Waals surface area contributed by atoms with Crippen LogP contribution < -0.4 is 5.32 Å². The minimum Gasteiger partial charge on any atom is -0.340 e. The summed E-state index contributed by atoms with van der Waals surface area (Å²) >= 11 is 3.10. The maximum atomic E-state index is 13.7. The highest BCUT2D eigenvalue weighted by Gasteiger charge is 2.33. The van der Waals surface area contributed by atoms with Gasteiger partial charge in [-0.15, -0.1) is 0 Å². The van der Waals surface area contributed by atoms with Gasteiger partial charge < -0.3 is 5.32 Å². The fourth-order valence-corrected chi connectivity index (χ4v) is 2.52. The number of nitrogens with zero attached hydrogens (tertiary/aromatic N) is 1. The number of carbonyl (C=O) groups is 3. The number of carbonyl (C=O) groups excluding carboxylic acids is 3.